The molecule has 102 valence electrons. The third kappa shape index (κ3) is 3.23. The Labute approximate surface area is 120 Å². The number of carbonyl (C=O) groups excluding carboxylic acids is 1. The summed E-state index contributed by atoms with van der Waals surface area (Å²) in [6, 6.07) is 5.96. The maximum absolute atomic E-state index is 11.2. The van der Waals surface area contributed by atoms with Crippen molar-refractivity contribution < 1.29 is 14.6 Å². The van der Waals surface area contributed by atoms with Gasteiger partial charge in [-0.15, -0.1) is 22.7 Å². The highest BCUT2D eigenvalue weighted by atomic mass is 32.1. The second kappa shape index (κ2) is 5.86. The quantitative estimate of drug-likeness (QED) is 0.857. The zero-order valence-electron chi connectivity index (χ0n) is 10.9. The van der Waals surface area contributed by atoms with Crippen LogP contribution in [0.1, 0.15) is 25.3 Å². The largest absolute Gasteiger partial charge is 0.469 e. The molecule has 0 saturated carbocycles. The van der Waals surface area contributed by atoms with Crippen LogP contribution in [0.25, 0.3) is 9.75 Å². The van der Waals surface area contributed by atoms with E-state index in [1.54, 1.807) is 29.6 Å². The van der Waals surface area contributed by atoms with Gasteiger partial charge in [-0.3, -0.25) is 4.79 Å². The normalized spacial score (nSPS) is 14.1. The fourth-order valence-corrected chi connectivity index (χ4v) is 3.82. The van der Waals surface area contributed by atoms with E-state index in [0.29, 0.717) is 6.42 Å². The lowest BCUT2D eigenvalue weighted by Gasteiger charge is -2.23. The molecule has 0 amide bonds. The van der Waals surface area contributed by atoms with Crippen molar-refractivity contribution in [2.75, 3.05) is 7.11 Å². The van der Waals surface area contributed by atoms with Crippen LogP contribution in [0, 0.1) is 0 Å². The van der Waals surface area contributed by atoms with Gasteiger partial charge in [0.1, 0.15) is 0 Å². The number of carbonyl (C=O) groups is 1. The molecule has 0 radical (unpaired) electrons. The van der Waals surface area contributed by atoms with Gasteiger partial charge in [0.15, 0.2) is 0 Å². The Balaban J connectivity index is 2.21. The van der Waals surface area contributed by atoms with Gasteiger partial charge in [-0.1, -0.05) is 6.07 Å². The van der Waals surface area contributed by atoms with Crippen molar-refractivity contribution in [1.29, 1.82) is 0 Å². The maximum Gasteiger partial charge on any atom is 0.305 e. The minimum Gasteiger partial charge on any atom is -0.469 e. The molecule has 1 atom stereocenters. The van der Waals surface area contributed by atoms with E-state index >= 15 is 0 Å². The molecule has 2 aromatic rings. The van der Waals surface area contributed by atoms with Gasteiger partial charge in [-0.2, -0.15) is 0 Å². The van der Waals surface area contributed by atoms with Crippen LogP contribution in [0.4, 0.5) is 0 Å². The summed E-state index contributed by atoms with van der Waals surface area (Å²) >= 11 is 3.26. The van der Waals surface area contributed by atoms with E-state index in [2.05, 4.69) is 4.74 Å². The van der Waals surface area contributed by atoms with Crippen LogP contribution >= 0.6 is 22.7 Å². The van der Waals surface area contributed by atoms with Gasteiger partial charge >= 0.3 is 5.97 Å². The minimum absolute atomic E-state index is 0.212. The molecule has 5 heteroatoms. The molecule has 0 spiro atoms. The van der Waals surface area contributed by atoms with E-state index in [0.717, 1.165) is 15.3 Å². The van der Waals surface area contributed by atoms with Crippen molar-refractivity contribution in [3.63, 3.8) is 0 Å². The number of methoxy groups -OCH3 is 1. The van der Waals surface area contributed by atoms with Crippen molar-refractivity contribution in [2.24, 2.45) is 0 Å². The molecule has 1 unspecified atom stereocenters. The molecule has 0 bridgehead atoms. The van der Waals surface area contributed by atoms with E-state index in [1.807, 2.05) is 29.0 Å². The summed E-state index contributed by atoms with van der Waals surface area (Å²) in [5.41, 5.74) is -0.142. The highest BCUT2D eigenvalue weighted by Crippen LogP contribution is 2.40. The van der Waals surface area contributed by atoms with Gasteiger partial charge in [0.25, 0.3) is 0 Å². The van der Waals surface area contributed by atoms with Crippen molar-refractivity contribution in [3.05, 3.63) is 34.5 Å². The van der Waals surface area contributed by atoms with Crippen molar-refractivity contribution in [2.45, 2.75) is 25.4 Å². The maximum atomic E-state index is 11.2. The highest BCUT2D eigenvalue weighted by Gasteiger charge is 2.28. The van der Waals surface area contributed by atoms with Crippen LogP contribution in [0.5, 0.6) is 0 Å². The smallest absolute Gasteiger partial charge is 0.305 e. The summed E-state index contributed by atoms with van der Waals surface area (Å²) in [5, 5.41) is 14.6. The first-order valence-electron chi connectivity index (χ1n) is 5.95. The molecule has 19 heavy (non-hydrogen) atoms. The molecule has 0 aliphatic rings. The molecule has 0 saturated heterocycles. The summed E-state index contributed by atoms with van der Waals surface area (Å²) in [5.74, 6) is -0.298. The standard InChI is InChI=1S/C14H16O3S2/c1-14(16,7-5-12(15)17-2)10-6-9-19-13(10)11-4-3-8-18-11/h3-4,6,8-9,16H,5,7H2,1-2H3. The molecule has 2 heterocycles. The van der Waals surface area contributed by atoms with Crippen LogP contribution in [0.2, 0.25) is 0 Å². The second-order valence-corrected chi connectivity index (χ2v) is 6.35. The molecular weight excluding hydrogens is 280 g/mol. The molecule has 1 N–H and O–H groups in total. The third-order valence-corrected chi connectivity index (χ3v) is 5.00. The molecule has 0 aliphatic heterocycles. The lowest BCUT2D eigenvalue weighted by molar-refractivity contribution is -0.142. The Bertz CT molecular complexity index is 541. The van der Waals surface area contributed by atoms with Gasteiger partial charge in [0, 0.05) is 16.9 Å². The van der Waals surface area contributed by atoms with Gasteiger partial charge < -0.3 is 9.84 Å². The predicted octanol–water partition coefficient (Wildman–Crippen LogP) is 3.64. The summed E-state index contributed by atoms with van der Waals surface area (Å²) in [4.78, 5) is 13.4. The summed E-state index contributed by atoms with van der Waals surface area (Å²) in [6.45, 7) is 1.75. The molecule has 0 aliphatic carbocycles. The third-order valence-electron chi connectivity index (χ3n) is 3.03. The number of thiophene rings is 2. The average molecular weight is 296 g/mol. The Morgan fingerprint density at radius 1 is 1.37 bits per heavy atom. The summed E-state index contributed by atoms with van der Waals surface area (Å²) in [7, 11) is 1.36. The van der Waals surface area contributed by atoms with Crippen LogP contribution in [-0.4, -0.2) is 18.2 Å². The van der Waals surface area contributed by atoms with Crippen LogP contribution in [-0.2, 0) is 15.1 Å². The molecule has 2 aromatic heterocycles. The highest BCUT2D eigenvalue weighted by molar-refractivity contribution is 7.20. The predicted molar refractivity (Wildman–Crippen MR) is 78.5 cm³/mol. The SMILES string of the molecule is COC(=O)CCC(C)(O)c1ccsc1-c1cccs1. The number of hydrogen-bond acceptors (Lipinski definition) is 5. The first-order chi connectivity index (χ1) is 9.04. The van der Waals surface area contributed by atoms with Gasteiger partial charge in [0.05, 0.1) is 17.6 Å². The Morgan fingerprint density at radius 3 is 2.79 bits per heavy atom. The molecule has 2 rings (SSSR count). The van der Waals surface area contributed by atoms with Crippen LogP contribution in [0.15, 0.2) is 29.0 Å². The Morgan fingerprint density at radius 2 is 2.16 bits per heavy atom. The average Bonchev–Trinajstić information content (AvgIpc) is 3.05. The fraction of sp³-hybridized carbons (Fsp3) is 0.357. The number of aliphatic hydroxyl groups is 1. The van der Waals surface area contributed by atoms with Crippen molar-refractivity contribution >= 4 is 28.6 Å². The molecule has 0 fully saturated rings. The molecular formula is C14H16O3S2. The first kappa shape index (κ1) is 14.2. The minimum atomic E-state index is -1.02. The van der Waals surface area contributed by atoms with Crippen molar-refractivity contribution in [3.8, 4) is 9.75 Å². The van der Waals surface area contributed by atoms with Crippen molar-refractivity contribution in [1.82, 2.24) is 0 Å². The first-order valence-corrected chi connectivity index (χ1v) is 7.71. The van der Waals surface area contributed by atoms with Gasteiger partial charge in [-0.05, 0) is 36.2 Å². The van der Waals surface area contributed by atoms with E-state index in [9.17, 15) is 9.90 Å². The second-order valence-electron chi connectivity index (χ2n) is 4.49. The number of hydrogen-bond donors (Lipinski definition) is 1. The Kier molecular flexibility index (Phi) is 4.39. The Hall–Kier alpha value is -1.17. The zero-order chi connectivity index (χ0) is 13.9. The summed E-state index contributed by atoms with van der Waals surface area (Å²) in [6.07, 6.45) is 0.567. The van der Waals surface area contributed by atoms with Crippen LogP contribution < -0.4 is 0 Å². The lowest BCUT2D eigenvalue weighted by atomic mass is 9.91. The number of ether oxygens (including phenoxy) is 1. The van der Waals surface area contributed by atoms with E-state index < -0.39 is 5.60 Å². The topological polar surface area (TPSA) is 46.5 Å². The van der Waals surface area contributed by atoms with Gasteiger partial charge in [-0.25, -0.2) is 0 Å². The lowest BCUT2D eigenvalue weighted by Crippen LogP contribution is -2.22. The van der Waals surface area contributed by atoms with Crippen LogP contribution in [0.3, 0.4) is 0 Å². The molecule has 3 nitrogen and oxygen atoms in total. The number of esters is 1. The van der Waals surface area contributed by atoms with E-state index in [4.69, 9.17) is 0 Å². The van der Waals surface area contributed by atoms with E-state index in [1.165, 1.54) is 7.11 Å². The summed E-state index contributed by atoms with van der Waals surface area (Å²) < 4.78 is 4.62. The zero-order valence-corrected chi connectivity index (χ0v) is 12.5. The number of rotatable bonds is 5. The monoisotopic (exact) mass is 296 g/mol. The molecule has 0 aromatic carbocycles. The van der Waals surface area contributed by atoms with Gasteiger partial charge in [0.2, 0.25) is 0 Å². The fourth-order valence-electron chi connectivity index (χ4n) is 1.91. The van der Waals surface area contributed by atoms with E-state index in [-0.39, 0.29) is 12.4 Å².